The number of aromatic nitrogens is 2. The number of rotatable bonds is 7. The number of benzene rings is 2. The second kappa shape index (κ2) is 9.22. The number of hydrogen-bond donors (Lipinski definition) is 0. The summed E-state index contributed by atoms with van der Waals surface area (Å²) in [5.41, 5.74) is 4.64. The van der Waals surface area contributed by atoms with E-state index >= 15 is 0 Å². The van der Waals surface area contributed by atoms with E-state index in [1.165, 1.54) is 17.7 Å². The van der Waals surface area contributed by atoms with Gasteiger partial charge in [0.25, 0.3) is 0 Å². The molecule has 0 saturated carbocycles. The first kappa shape index (κ1) is 22.8. The van der Waals surface area contributed by atoms with E-state index in [0.29, 0.717) is 30.5 Å². The topological polar surface area (TPSA) is 41.4 Å². The second-order valence-corrected chi connectivity index (χ2v) is 8.86. The molecule has 0 aliphatic carbocycles. The minimum absolute atomic E-state index is 0.115. The summed E-state index contributed by atoms with van der Waals surface area (Å²) in [6, 6.07) is 14.6. The van der Waals surface area contributed by atoms with Crippen molar-refractivity contribution in [1.29, 1.82) is 0 Å². The van der Waals surface area contributed by atoms with Gasteiger partial charge in [-0.1, -0.05) is 70.2 Å². The summed E-state index contributed by atoms with van der Waals surface area (Å²) in [6.07, 6.45) is 1.87. The lowest BCUT2D eigenvalue weighted by atomic mass is 9.97. The van der Waals surface area contributed by atoms with Crippen molar-refractivity contribution in [3.63, 3.8) is 0 Å². The molecule has 1 aliphatic heterocycles. The fourth-order valence-corrected chi connectivity index (χ4v) is 4.36. The van der Waals surface area contributed by atoms with Crippen LogP contribution in [0, 0.1) is 5.82 Å². The Kier molecular flexibility index (Phi) is 6.36. The molecular weight excluding hydrogens is 415 g/mol. The van der Waals surface area contributed by atoms with Gasteiger partial charge in [-0.25, -0.2) is 14.2 Å². The van der Waals surface area contributed by atoms with Crippen molar-refractivity contribution in [2.45, 2.75) is 46.1 Å². The fourth-order valence-electron chi connectivity index (χ4n) is 4.36. The number of imidazole rings is 1. The molecule has 1 aromatic heterocycles. The normalized spacial score (nSPS) is 13.8. The molecule has 5 nitrogen and oxygen atoms in total. The Morgan fingerprint density at radius 2 is 1.79 bits per heavy atom. The van der Waals surface area contributed by atoms with Crippen molar-refractivity contribution >= 4 is 17.5 Å². The minimum atomic E-state index is -0.266. The van der Waals surface area contributed by atoms with E-state index in [1.54, 1.807) is 29.0 Å². The molecule has 33 heavy (non-hydrogen) atoms. The maximum absolute atomic E-state index is 13.6. The number of anilines is 1. The Bertz CT molecular complexity index is 1180. The SMILES string of the molecule is C=C1c2c(nc(-c3ccccc3C(C)C)n2Cc2ccc(F)cc2)N(C)C(=O)N1CCCC. The second-order valence-electron chi connectivity index (χ2n) is 8.86. The molecule has 4 rings (SSSR count). The third-order valence-electron chi connectivity index (χ3n) is 6.20. The minimum Gasteiger partial charge on any atom is -0.316 e. The predicted molar refractivity (Wildman–Crippen MR) is 132 cm³/mol. The zero-order valence-electron chi connectivity index (χ0n) is 19.8. The molecule has 172 valence electrons. The highest BCUT2D eigenvalue weighted by molar-refractivity contribution is 6.03. The van der Waals surface area contributed by atoms with E-state index in [2.05, 4.69) is 44.0 Å². The van der Waals surface area contributed by atoms with E-state index in [-0.39, 0.29) is 11.8 Å². The molecule has 0 bridgehead atoms. The number of nitrogens with zero attached hydrogens (tertiary/aromatic N) is 4. The molecule has 0 radical (unpaired) electrons. The number of carbonyl (C=O) groups excluding carboxylic acids is 1. The molecule has 0 spiro atoms. The first-order valence-electron chi connectivity index (χ1n) is 11.5. The molecule has 2 aromatic carbocycles. The summed E-state index contributed by atoms with van der Waals surface area (Å²) in [5.74, 6) is 1.43. The summed E-state index contributed by atoms with van der Waals surface area (Å²) in [4.78, 5) is 21.5. The van der Waals surface area contributed by atoms with Gasteiger partial charge in [-0.15, -0.1) is 0 Å². The molecule has 1 aliphatic rings. The van der Waals surface area contributed by atoms with Gasteiger partial charge in [0.1, 0.15) is 17.3 Å². The monoisotopic (exact) mass is 446 g/mol. The number of fused-ring (bicyclic) bond motifs is 1. The highest BCUT2D eigenvalue weighted by Gasteiger charge is 2.36. The maximum atomic E-state index is 13.6. The van der Waals surface area contributed by atoms with Crippen molar-refractivity contribution < 1.29 is 9.18 Å². The van der Waals surface area contributed by atoms with E-state index in [0.717, 1.165) is 35.5 Å². The van der Waals surface area contributed by atoms with Crippen molar-refractivity contribution in [1.82, 2.24) is 14.5 Å². The van der Waals surface area contributed by atoms with Crippen LogP contribution >= 0.6 is 0 Å². The third-order valence-corrected chi connectivity index (χ3v) is 6.20. The Hall–Kier alpha value is -3.41. The van der Waals surface area contributed by atoms with Crippen LogP contribution in [0.4, 0.5) is 15.0 Å². The smallest absolute Gasteiger partial charge is 0.316 e. The van der Waals surface area contributed by atoms with E-state index < -0.39 is 0 Å². The quantitative estimate of drug-likeness (QED) is 0.415. The van der Waals surface area contributed by atoms with Crippen molar-refractivity contribution in [3.05, 3.63) is 77.7 Å². The molecule has 0 fully saturated rings. The van der Waals surface area contributed by atoms with Gasteiger partial charge < -0.3 is 4.57 Å². The summed E-state index contributed by atoms with van der Waals surface area (Å²) < 4.78 is 15.7. The molecule has 2 amide bonds. The first-order valence-corrected chi connectivity index (χ1v) is 11.5. The zero-order valence-corrected chi connectivity index (χ0v) is 19.8. The first-order chi connectivity index (χ1) is 15.8. The Morgan fingerprint density at radius 1 is 1.09 bits per heavy atom. The summed E-state index contributed by atoms with van der Waals surface area (Å²) in [6.45, 7) is 11.8. The number of halogens is 1. The van der Waals surface area contributed by atoms with Gasteiger partial charge in [0.05, 0.1) is 5.70 Å². The predicted octanol–water partition coefficient (Wildman–Crippen LogP) is 6.50. The van der Waals surface area contributed by atoms with Crippen LogP contribution in [0.2, 0.25) is 0 Å². The number of hydrogen-bond acceptors (Lipinski definition) is 2. The molecule has 0 atom stereocenters. The van der Waals surface area contributed by atoms with Crippen molar-refractivity contribution in [2.75, 3.05) is 18.5 Å². The van der Waals surface area contributed by atoms with Crippen molar-refractivity contribution in [3.8, 4) is 11.4 Å². The van der Waals surface area contributed by atoms with E-state index in [1.807, 2.05) is 12.1 Å². The zero-order chi connectivity index (χ0) is 23.7. The van der Waals surface area contributed by atoms with Crippen LogP contribution in [0.25, 0.3) is 17.1 Å². The lowest BCUT2D eigenvalue weighted by molar-refractivity contribution is 0.223. The van der Waals surface area contributed by atoms with Gasteiger partial charge in [-0.05, 0) is 35.6 Å². The average molecular weight is 447 g/mol. The molecule has 3 aromatic rings. The van der Waals surface area contributed by atoms with E-state index in [4.69, 9.17) is 4.98 Å². The molecular formula is C27H31FN4O. The fraction of sp³-hybridized carbons (Fsp3) is 0.333. The van der Waals surface area contributed by atoms with Gasteiger partial charge in [-0.2, -0.15) is 0 Å². The van der Waals surface area contributed by atoms with Gasteiger partial charge in [0.15, 0.2) is 5.82 Å². The Labute approximate surface area is 195 Å². The summed E-state index contributed by atoms with van der Waals surface area (Å²) >= 11 is 0. The molecule has 6 heteroatoms. The van der Waals surface area contributed by atoms with Crippen LogP contribution in [0.5, 0.6) is 0 Å². The van der Waals surface area contributed by atoms with Crippen LogP contribution in [-0.4, -0.2) is 34.1 Å². The molecule has 2 heterocycles. The largest absolute Gasteiger partial charge is 0.329 e. The van der Waals surface area contributed by atoms with Crippen LogP contribution in [0.3, 0.4) is 0 Å². The van der Waals surface area contributed by atoms with Gasteiger partial charge >= 0.3 is 6.03 Å². The third kappa shape index (κ3) is 4.17. The van der Waals surface area contributed by atoms with Crippen LogP contribution in [-0.2, 0) is 6.54 Å². The highest BCUT2D eigenvalue weighted by Crippen LogP contribution is 2.40. The summed E-state index contributed by atoms with van der Waals surface area (Å²) in [5, 5.41) is 0. The number of carbonyl (C=O) groups is 1. The van der Waals surface area contributed by atoms with E-state index in [9.17, 15) is 9.18 Å². The molecule has 0 N–H and O–H groups in total. The van der Waals surface area contributed by atoms with Crippen LogP contribution in [0.1, 0.15) is 56.4 Å². The molecule has 0 saturated heterocycles. The van der Waals surface area contributed by atoms with Gasteiger partial charge in [-0.3, -0.25) is 9.80 Å². The number of amides is 2. The van der Waals surface area contributed by atoms with Gasteiger partial charge in [0, 0.05) is 25.7 Å². The van der Waals surface area contributed by atoms with Crippen molar-refractivity contribution in [2.24, 2.45) is 0 Å². The average Bonchev–Trinajstić information content (AvgIpc) is 3.18. The van der Waals surface area contributed by atoms with Gasteiger partial charge in [0.2, 0.25) is 0 Å². The number of unbranched alkanes of at least 4 members (excludes halogenated alkanes) is 1. The molecule has 0 unspecified atom stereocenters. The van der Waals surface area contributed by atoms with Crippen LogP contribution in [0.15, 0.2) is 55.1 Å². The van der Waals surface area contributed by atoms with Crippen LogP contribution < -0.4 is 4.90 Å². The maximum Gasteiger partial charge on any atom is 0.329 e. The summed E-state index contributed by atoms with van der Waals surface area (Å²) in [7, 11) is 1.76. The number of urea groups is 1. The standard InChI is InChI=1S/C27H31FN4O/c1-6-7-16-31-19(4)24-26(30(5)27(31)33)29-25(23-11-9-8-10-22(23)18(2)3)32(24)17-20-12-14-21(28)15-13-20/h8-15,18H,4,6-7,16-17H2,1-3,5H3. The Balaban J connectivity index is 1.92. The highest BCUT2D eigenvalue weighted by atomic mass is 19.1. The lowest BCUT2D eigenvalue weighted by Gasteiger charge is -2.34. The lowest BCUT2D eigenvalue weighted by Crippen LogP contribution is -2.45. The Morgan fingerprint density at radius 3 is 2.45 bits per heavy atom.